The van der Waals surface area contributed by atoms with Gasteiger partial charge in [0.2, 0.25) is 5.91 Å². The molecule has 1 amide bonds. The number of hydrogen-bond donors (Lipinski definition) is 2. The van der Waals surface area contributed by atoms with Gasteiger partial charge in [0.05, 0.1) is 12.6 Å². The number of nitrogens with one attached hydrogen (secondary N) is 1. The Hall–Kier alpha value is -1.54. The zero-order valence-electron chi connectivity index (χ0n) is 11.8. The second kappa shape index (κ2) is 6.07. The Labute approximate surface area is 114 Å². The minimum Gasteiger partial charge on any atom is -0.480 e. The van der Waals surface area contributed by atoms with E-state index in [0.717, 1.165) is 12.8 Å². The Morgan fingerprint density at radius 1 is 1.58 bits per heavy atom. The first kappa shape index (κ1) is 15.5. The highest BCUT2D eigenvalue weighted by Gasteiger charge is 2.45. The molecule has 0 saturated carbocycles. The molecule has 1 heterocycles. The van der Waals surface area contributed by atoms with Gasteiger partial charge < -0.3 is 10.4 Å². The number of terminal acetylenes is 1. The smallest absolute Gasteiger partial charge is 0.321 e. The van der Waals surface area contributed by atoms with Crippen LogP contribution in [0.25, 0.3) is 0 Å². The number of carboxylic acid groups (broad SMARTS) is 1. The van der Waals surface area contributed by atoms with E-state index in [4.69, 9.17) is 6.42 Å². The minimum atomic E-state index is -0.874. The first-order valence-corrected chi connectivity index (χ1v) is 6.51. The van der Waals surface area contributed by atoms with E-state index in [2.05, 4.69) is 11.2 Å². The van der Waals surface area contributed by atoms with Gasteiger partial charge in [-0.05, 0) is 31.7 Å². The number of carbonyl (C=O) groups excluding carboxylic acids is 1. The Morgan fingerprint density at radius 2 is 2.21 bits per heavy atom. The van der Waals surface area contributed by atoms with Crippen molar-refractivity contribution in [1.82, 2.24) is 10.2 Å². The number of likely N-dealkylation sites (tertiary alicyclic amines) is 1. The molecule has 0 bridgehead atoms. The van der Waals surface area contributed by atoms with Gasteiger partial charge in [0, 0.05) is 0 Å². The summed E-state index contributed by atoms with van der Waals surface area (Å²) < 4.78 is 0. The summed E-state index contributed by atoms with van der Waals surface area (Å²) in [6.45, 7) is 6.38. The van der Waals surface area contributed by atoms with Crippen molar-refractivity contribution in [2.45, 2.75) is 45.7 Å². The van der Waals surface area contributed by atoms with Crippen LogP contribution in [-0.4, -0.2) is 47.1 Å². The molecular weight excluding hydrogens is 244 g/mol. The predicted molar refractivity (Wildman–Crippen MR) is 72.4 cm³/mol. The van der Waals surface area contributed by atoms with Crippen LogP contribution in [0, 0.1) is 17.8 Å². The Morgan fingerprint density at radius 3 is 2.74 bits per heavy atom. The fraction of sp³-hybridized carbons (Fsp3) is 0.714. The number of nitrogens with zero attached hydrogens (tertiary/aromatic N) is 1. The van der Waals surface area contributed by atoms with Crippen LogP contribution >= 0.6 is 0 Å². The highest BCUT2D eigenvalue weighted by Crippen LogP contribution is 2.36. The van der Waals surface area contributed by atoms with E-state index in [1.54, 1.807) is 11.8 Å². The van der Waals surface area contributed by atoms with Gasteiger partial charge in [-0.15, -0.1) is 6.42 Å². The molecule has 0 spiro atoms. The SMILES string of the molecule is C#CCNC(=O)C(C)N1CCCC(C)(C)C1C(=O)O. The number of carboxylic acids is 1. The van der Waals surface area contributed by atoms with E-state index >= 15 is 0 Å². The number of carbonyl (C=O) groups is 2. The third-order valence-electron chi connectivity index (χ3n) is 3.78. The van der Waals surface area contributed by atoms with Crippen molar-refractivity contribution < 1.29 is 14.7 Å². The van der Waals surface area contributed by atoms with E-state index in [0.29, 0.717) is 6.54 Å². The second-order valence-electron chi connectivity index (χ2n) is 5.67. The number of rotatable bonds is 4. The molecule has 19 heavy (non-hydrogen) atoms. The maximum atomic E-state index is 11.9. The van der Waals surface area contributed by atoms with Crippen LogP contribution in [0.1, 0.15) is 33.6 Å². The molecule has 0 aromatic heterocycles. The molecule has 1 aliphatic heterocycles. The fourth-order valence-electron chi connectivity index (χ4n) is 2.76. The second-order valence-corrected chi connectivity index (χ2v) is 5.67. The number of hydrogen-bond acceptors (Lipinski definition) is 3. The molecule has 0 aliphatic carbocycles. The zero-order valence-corrected chi connectivity index (χ0v) is 11.8. The van der Waals surface area contributed by atoms with Crippen molar-refractivity contribution in [1.29, 1.82) is 0 Å². The number of aliphatic carboxylic acids is 1. The van der Waals surface area contributed by atoms with E-state index < -0.39 is 18.1 Å². The summed E-state index contributed by atoms with van der Waals surface area (Å²) in [4.78, 5) is 25.2. The highest BCUT2D eigenvalue weighted by molar-refractivity contribution is 5.83. The van der Waals surface area contributed by atoms with E-state index in [1.807, 2.05) is 13.8 Å². The van der Waals surface area contributed by atoms with Crippen LogP contribution in [0.15, 0.2) is 0 Å². The lowest BCUT2D eigenvalue weighted by Gasteiger charge is -2.46. The summed E-state index contributed by atoms with van der Waals surface area (Å²) >= 11 is 0. The third kappa shape index (κ3) is 3.48. The maximum absolute atomic E-state index is 11.9. The standard InChI is InChI=1S/C14H22N2O3/c1-5-8-15-12(17)10(2)16-9-6-7-14(3,4)11(16)13(18)19/h1,10-11H,6-9H2,2-4H3,(H,15,17)(H,18,19). The van der Waals surface area contributed by atoms with Crippen LogP contribution in [0.5, 0.6) is 0 Å². The third-order valence-corrected chi connectivity index (χ3v) is 3.78. The lowest BCUT2D eigenvalue weighted by molar-refractivity contribution is -0.154. The van der Waals surface area contributed by atoms with Crippen molar-refractivity contribution in [2.75, 3.05) is 13.1 Å². The van der Waals surface area contributed by atoms with Crippen molar-refractivity contribution >= 4 is 11.9 Å². The monoisotopic (exact) mass is 266 g/mol. The Kier molecular flexibility index (Phi) is 4.96. The van der Waals surface area contributed by atoms with Crippen LogP contribution < -0.4 is 5.32 Å². The number of piperidine rings is 1. The largest absolute Gasteiger partial charge is 0.480 e. The predicted octanol–water partition coefficient (Wildman–Crippen LogP) is 0.700. The lowest BCUT2D eigenvalue weighted by Crippen LogP contribution is -2.60. The summed E-state index contributed by atoms with van der Waals surface area (Å²) in [5.74, 6) is 1.25. The molecule has 0 aromatic rings. The first-order valence-electron chi connectivity index (χ1n) is 6.51. The van der Waals surface area contributed by atoms with Crippen LogP contribution in [-0.2, 0) is 9.59 Å². The maximum Gasteiger partial charge on any atom is 0.321 e. The van der Waals surface area contributed by atoms with Gasteiger partial charge in [0.1, 0.15) is 6.04 Å². The van der Waals surface area contributed by atoms with Gasteiger partial charge in [-0.2, -0.15) is 0 Å². The number of amides is 1. The Balaban J connectivity index is 2.87. The molecule has 1 rings (SSSR count). The van der Waals surface area contributed by atoms with E-state index in [-0.39, 0.29) is 17.9 Å². The van der Waals surface area contributed by atoms with Gasteiger partial charge >= 0.3 is 5.97 Å². The molecule has 1 aliphatic rings. The van der Waals surface area contributed by atoms with Gasteiger partial charge in [0.25, 0.3) is 0 Å². The van der Waals surface area contributed by atoms with Crippen LogP contribution in [0.4, 0.5) is 0 Å². The zero-order chi connectivity index (χ0) is 14.6. The molecule has 2 N–H and O–H groups in total. The molecule has 106 valence electrons. The average molecular weight is 266 g/mol. The van der Waals surface area contributed by atoms with Gasteiger partial charge in [0.15, 0.2) is 0 Å². The van der Waals surface area contributed by atoms with Gasteiger partial charge in [-0.25, -0.2) is 0 Å². The van der Waals surface area contributed by atoms with E-state index in [1.165, 1.54) is 0 Å². The molecule has 0 aromatic carbocycles. The average Bonchev–Trinajstić information content (AvgIpc) is 2.32. The lowest BCUT2D eigenvalue weighted by atomic mass is 9.76. The van der Waals surface area contributed by atoms with Gasteiger partial charge in [-0.1, -0.05) is 19.8 Å². The first-order chi connectivity index (χ1) is 8.81. The van der Waals surface area contributed by atoms with Gasteiger partial charge in [-0.3, -0.25) is 14.5 Å². The van der Waals surface area contributed by atoms with E-state index in [9.17, 15) is 14.7 Å². The summed E-state index contributed by atoms with van der Waals surface area (Å²) in [6.07, 6.45) is 6.84. The highest BCUT2D eigenvalue weighted by atomic mass is 16.4. The minimum absolute atomic E-state index is 0.165. The molecular formula is C14H22N2O3. The molecule has 0 radical (unpaired) electrons. The molecule has 5 nitrogen and oxygen atoms in total. The van der Waals surface area contributed by atoms with Crippen molar-refractivity contribution in [3.8, 4) is 12.3 Å². The fourth-order valence-corrected chi connectivity index (χ4v) is 2.76. The molecule has 2 atom stereocenters. The van der Waals surface area contributed by atoms with Crippen molar-refractivity contribution in [2.24, 2.45) is 5.41 Å². The summed E-state index contributed by atoms with van der Waals surface area (Å²) in [5, 5.41) is 12.1. The molecule has 1 fully saturated rings. The molecule has 1 saturated heterocycles. The van der Waals surface area contributed by atoms with Crippen molar-refractivity contribution in [3.05, 3.63) is 0 Å². The normalized spacial score (nSPS) is 24.2. The Bertz CT molecular complexity index is 398. The van der Waals surface area contributed by atoms with Crippen LogP contribution in [0.2, 0.25) is 0 Å². The molecule has 2 unspecified atom stereocenters. The summed E-state index contributed by atoms with van der Waals surface area (Å²) in [6, 6.07) is -1.14. The summed E-state index contributed by atoms with van der Waals surface area (Å²) in [7, 11) is 0. The van der Waals surface area contributed by atoms with Crippen molar-refractivity contribution in [3.63, 3.8) is 0 Å². The van der Waals surface area contributed by atoms with Crippen LogP contribution in [0.3, 0.4) is 0 Å². The molecule has 5 heteroatoms. The topological polar surface area (TPSA) is 69.6 Å². The quantitative estimate of drug-likeness (QED) is 0.735. The summed E-state index contributed by atoms with van der Waals surface area (Å²) in [5.41, 5.74) is -0.343.